The van der Waals surface area contributed by atoms with Crippen LogP contribution in [0.4, 0.5) is 13.2 Å². The molecule has 0 saturated carbocycles. The highest BCUT2D eigenvalue weighted by Gasteiger charge is 2.51. The van der Waals surface area contributed by atoms with E-state index in [1.807, 2.05) is 18.2 Å². The number of halogens is 3. The SMILES string of the molecule is COC(=O)CCc1ccccc1C[C@@H]1[C@H](c2nc(C(=O)NCCCCC(F)(F)F)co2)[C@H]2CC[C@@H]1O2. The van der Waals surface area contributed by atoms with Gasteiger partial charge in [-0.05, 0) is 49.7 Å². The first kappa shape index (κ1) is 26.2. The zero-order valence-corrected chi connectivity index (χ0v) is 20.2. The van der Waals surface area contributed by atoms with Crippen LogP contribution in [0.25, 0.3) is 0 Å². The first-order chi connectivity index (χ1) is 17.2. The molecule has 2 bridgehead atoms. The van der Waals surface area contributed by atoms with Crippen LogP contribution in [0.3, 0.4) is 0 Å². The largest absolute Gasteiger partial charge is 0.469 e. The summed E-state index contributed by atoms with van der Waals surface area (Å²) >= 11 is 0. The molecule has 2 saturated heterocycles. The van der Waals surface area contributed by atoms with E-state index in [0.717, 1.165) is 30.4 Å². The first-order valence-corrected chi connectivity index (χ1v) is 12.3. The normalized spacial score (nSPS) is 23.1. The topological polar surface area (TPSA) is 90.7 Å². The summed E-state index contributed by atoms with van der Waals surface area (Å²) < 4.78 is 53.5. The molecule has 196 valence electrons. The van der Waals surface area contributed by atoms with E-state index in [0.29, 0.717) is 18.7 Å². The summed E-state index contributed by atoms with van der Waals surface area (Å²) in [6.45, 7) is 0.138. The molecule has 2 aliphatic heterocycles. The van der Waals surface area contributed by atoms with E-state index in [1.165, 1.54) is 13.4 Å². The molecule has 0 aliphatic carbocycles. The van der Waals surface area contributed by atoms with Crippen molar-refractivity contribution in [3.63, 3.8) is 0 Å². The minimum atomic E-state index is -4.19. The molecule has 0 spiro atoms. The van der Waals surface area contributed by atoms with Crippen molar-refractivity contribution < 1.29 is 36.7 Å². The third kappa shape index (κ3) is 6.46. The third-order valence-electron chi connectivity index (χ3n) is 7.04. The Balaban J connectivity index is 1.39. The summed E-state index contributed by atoms with van der Waals surface area (Å²) in [5.74, 6) is -0.269. The first-order valence-electron chi connectivity index (χ1n) is 12.3. The van der Waals surface area contributed by atoms with Gasteiger partial charge in [-0.1, -0.05) is 24.3 Å². The number of hydrogen-bond donors (Lipinski definition) is 1. The molecule has 1 N–H and O–H groups in total. The minimum Gasteiger partial charge on any atom is -0.469 e. The van der Waals surface area contributed by atoms with E-state index in [2.05, 4.69) is 16.4 Å². The molecule has 1 aromatic heterocycles. The summed E-state index contributed by atoms with van der Waals surface area (Å²) in [6.07, 6.45) is -0.0975. The summed E-state index contributed by atoms with van der Waals surface area (Å²) in [6, 6.07) is 8.00. The fourth-order valence-electron chi connectivity index (χ4n) is 5.26. The van der Waals surface area contributed by atoms with Gasteiger partial charge in [0.15, 0.2) is 5.69 Å². The fraction of sp³-hybridized carbons (Fsp3) is 0.577. The molecule has 7 nitrogen and oxygen atoms in total. The lowest BCUT2D eigenvalue weighted by molar-refractivity contribution is -0.140. The number of aromatic nitrogens is 1. The van der Waals surface area contributed by atoms with Gasteiger partial charge < -0.3 is 19.2 Å². The van der Waals surface area contributed by atoms with Crippen molar-refractivity contribution in [2.75, 3.05) is 13.7 Å². The van der Waals surface area contributed by atoms with Gasteiger partial charge in [0.25, 0.3) is 5.91 Å². The van der Waals surface area contributed by atoms with Gasteiger partial charge in [-0.15, -0.1) is 0 Å². The van der Waals surface area contributed by atoms with Crippen molar-refractivity contribution in [2.24, 2.45) is 5.92 Å². The van der Waals surface area contributed by atoms with Crippen LogP contribution in [-0.2, 0) is 27.1 Å². The van der Waals surface area contributed by atoms with Crippen LogP contribution in [0.1, 0.15) is 71.9 Å². The molecule has 1 amide bonds. The van der Waals surface area contributed by atoms with Gasteiger partial charge in [0.05, 0.1) is 25.2 Å². The van der Waals surface area contributed by atoms with Crippen molar-refractivity contribution in [2.45, 2.75) is 75.7 Å². The number of alkyl halides is 3. The Morgan fingerprint density at radius 3 is 2.64 bits per heavy atom. The molecule has 2 aromatic rings. The minimum absolute atomic E-state index is 0.0424. The van der Waals surface area contributed by atoms with Crippen LogP contribution >= 0.6 is 0 Å². The molecule has 0 radical (unpaired) electrons. The standard InChI is InChI=1S/C26H31F3N2O5/c1-34-22(32)11-8-16-6-2-3-7-17(16)14-18-20-9-10-21(36-20)23(18)25-31-19(15-35-25)24(33)30-13-5-4-12-26(27,28)29/h2-3,6-7,15,18,20-21,23H,4-5,8-14H2,1H3,(H,30,33)/t18-,20-,21+,23-/m0/s1. The maximum absolute atomic E-state index is 12.4. The third-order valence-corrected chi connectivity index (χ3v) is 7.04. The molecule has 36 heavy (non-hydrogen) atoms. The number of rotatable bonds is 11. The number of nitrogens with zero attached hydrogens (tertiary/aromatic N) is 1. The number of esters is 1. The monoisotopic (exact) mass is 508 g/mol. The van der Waals surface area contributed by atoms with Crippen molar-refractivity contribution in [1.82, 2.24) is 10.3 Å². The van der Waals surface area contributed by atoms with Crippen LogP contribution in [-0.4, -0.2) is 48.9 Å². The molecule has 1 aromatic carbocycles. The van der Waals surface area contributed by atoms with Crippen molar-refractivity contribution in [1.29, 1.82) is 0 Å². The zero-order chi connectivity index (χ0) is 25.7. The number of nitrogens with one attached hydrogen (secondary N) is 1. The predicted octanol–water partition coefficient (Wildman–Crippen LogP) is 4.75. The number of ether oxygens (including phenoxy) is 2. The number of carbonyl (C=O) groups is 2. The lowest BCUT2D eigenvalue weighted by Crippen LogP contribution is -2.28. The number of benzene rings is 1. The van der Waals surface area contributed by atoms with Gasteiger partial charge in [-0.2, -0.15) is 13.2 Å². The van der Waals surface area contributed by atoms with Crippen LogP contribution in [0.2, 0.25) is 0 Å². The van der Waals surface area contributed by atoms with Gasteiger partial charge in [-0.25, -0.2) is 4.98 Å². The number of carbonyl (C=O) groups excluding carboxylic acids is 2. The quantitative estimate of drug-likeness (QED) is 0.348. The molecule has 2 fully saturated rings. The number of oxazole rings is 1. The Labute approximate surface area is 207 Å². The Morgan fingerprint density at radius 2 is 1.89 bits per heavy atom. The average molecular weight is 509 g/mol. The second kappa shape index (κ2) is 11.5. The number of fused-ring (bicyclic) bond motifs is 2. The van der Waals surface area contributed by atoms with Gasteiger partial charge in [0, 0.05) is 25.3 Å². The van der Waals surface area contributed by atoms with E-state index in [9.17, 15) is 22.8 Å². The Kier molecular flexibility index (Phi) is 8.33. The van der Waals surface area contributed by atoms with Crippen molar-refractivity contribution in [3.05, 3.63) is 53.2 Å². The molecular formula is C26H31F3N2O5. The molecular weight excluding hydrogens is 477 g/mol. The van der Waals surface area contributed by atoms with Crippen molar-refractivity contribution in [3.8, 4) is 0 Å². The Hall–Kier alpha value is -2.88. The summed E-state index contributed by atoms with van der Waals surface area (Å²) in [7, 11) is 1.38. The van der Waals surface area contributed by atoms with E-state index < -0.39 is 18.5 Å². The molecule has 4 atom stereocenters. The highest BCUT2D eigenvalue weighted by molar-refractivity contribution is 5.91. The van der Waals surface area contributed by atoms with E-state index in [1.54, 1.807) is 0 Å². The van der Waals surface area contributed by atoms with Gasteiger partial charge in [0.1, 0.15) is 6.26 Å². The molecule has 10 heteroatoms. The highest BCUT2D eigenvalue weighted by atomic mass is 19.4. The maximum atomic E-state index is 12.4. The van der Waals surface area contributed by atoms with Gasteiger partial charge >= 0.3 is 12.1 Å². The van der Waals surface area contributed by atoms with Crippen LogP contribution in [0.15, 0.2) is 34.9 Å². The van der Waals surface area contributed by atoms with Crippen LogP contribution < -0.4 is 5.32 Å². The van der Waals surface area contributed by atoms with E-state index in [4.69, 9.17) is 13.9 Å². The molecule has 0 unspecified atom stereocenters. The van der Waals surface area contributed by atoms with Crippen molar-refractivity contribution >= 4 is 11.9 Å². The summed E-state index contributed by atoms with van der Waals surface area (Å²) in [5.41, 5.74) is 2.33. The lowest BCUT2D eigenvalue weighted by atomic mass is 9.75. The van der Waals surface area contributed by atoms with E-state index >= 15 is 0 Å². The van der Waals surface area contributed by atoms with Crippen LogP contribution in [0, 0.1) is 5.92 Å². The average Bonchev–Trinajstić information content (AvgIpc) is 3.59. The van der Waals surface area contributed by atoms with E-state index in [-0.39, 0.29) is 55.1 Å². The number of methoxy groups -OCH3 is 1. The van der Waals surface area contributed by atoms with Crippen LogP contribution in [0.5, 0.6) is 0 Å². The van der Waals surface area contributed by atoms with Gasteiger partial charge in [0.2, 0.25) is 5.89 Å². The number of unbranched alkanes of at least 4 members (excludes halogenated alkanes) is 1. The second-order valence-corrected chi connectivity index (χ2v) is 9.43. The smallest absolute Gasteiger partial charge is 0.389 e. The van der Waals surface area contributed by atoms with Gasteiger partial charge in [-0.3, -0.25) is 9.59 Å². The lowest BCUT2D eigenvalue weighted by Gasteiger charge is -2.26. The molecule has 2 aliphatic rings. The summed E-state index contributed by atoms with van der Waals surface area (Å²) in [4.78, 5) is 28.5. The maximum Gasteiger partial charge on any atom is 0.389 e. The summed E-state index contributed by atoms with van der Waals surface area (Å²) in [5, 5.41) is 2.61. The highest BCUT2D eigenvalue weighted by Crippen LogP contribution is 2.50. The Bertz CT molecular complexity index is 1050. The number of amides is 1. The fourth-order valence-corrected chi connectivity index (χ4v) is 5.26. The number of aryl methyl sites for hydroxylation is 1. The molecule has 4 rings (SSSR count). The second-order valence-electron chi connectivity index (χ2n) is 9.43. The Morgan fingerprint density at radius 1 is 1.14 bits per heavy atom. The predicted molar refractivity (Wildman–Crippen MR) is 123 cm³/mol. The number of hydrogen-bond acceptors (Lipinski definition) is 6. The molecule has 3 heterocycles. The zero-order valence-electron chi connectivity index (χ0n) is 20.2.